The number of allylic oxidation sites excluding steroid dienone is 1. The molecule has 3 unspecified atom stereocenters. The second-order valence-electron chi connectivity index (χ2n) is 9.58. The van der Waals surface area contributed by atoms with Gasteiger partial charge >= 0.3 is 0 Å². The van der Waals surface area contributed by atoms with Gasteiger partial charge in [-0.05, 0) is 57.5 Å². The van der Waals surface area contributed by atoms with E-state index in [0.717, 1.165) is 54.4 Å². The SMILES string of the molecule is CCN(CC)C1=CC2Oc3cc(N(CC)CC)ccc3C3(c4ccccc4C(=O)N3CCO)C2C=C1. The number of benzene rings is 2. The lowest BCUT2D eigenvalue weighted by Crippen LogP contribution is -2.57. The first-order chi connectivity index (χ1) is 17.5. The molecule has 3 atom stereocenters. The average Bonchev–Trinajstić information content (AvgIpc) is 3.14. The van der Waals surface area contributed by atoms with Crippen LogP contribution in [0, 0.1) is 5.92 Å². The largest absolute Gasteiger partial charge is 0.485 e. The topological polar surface area (TPSA) is 56.2 Å². The number of hydrogen-bond acceptors (Lipinski definition) is 5. The van der Waals surface area contributed by atoms with Crippen molar-refractivity contribution < 1.29 is 14.6 Å². The van der Waals surface area contributed by atoms with Crippen molar-refractivity contribution in [2.24, 2.45) is 5.92 Å². The zero-order valence-electron chi connectivity index (χ0n) is 21.8. The third-order valence-electron chi connectivity index (χ3n) is 8.10. The number of carbonyl (C=O) groups is 1. The molecular formula is C30H37N3O3. The van der Waals surface area contributed by atoms with Crippen LogP contribution in [0.2, 0.25) is 0 Å². The van der Waals surface area contributed by atoms with Gasteiger partial charge in [0.05, 0.1) is 12.5 Å². The van der Waals surface area contributed by atoms with Gasteiger partial charge in [0.25, 0.3) is 5.91 Å². The molecule has 2 heterocycles. The summed E-state index contributed by atoms with van der Waals surface area (Å²) in [4.78, 5) is 20.3. The predicted molar refractivity (Wildman–Crippen MR) is 143 cm³/mol. The van der Waals surface area contributed by atoms with E-state index < -0.39 is 5.54 Å². The highest BCUT2D eigenvalue weighted by atomic mass is 16.5. The number of amides is 1. The van der Waals surface area contributed by atoms with Gasteiger partial charge in [-0.2, -0.15) is 0 Å². The van der Waals surface area contributed by atoms with Crippen LogP contribution in [0.25, 0.3) is 0 Å². The summed E-state index contributed by atoms with van der Waals surface area (Å²) in [6, 6.07) is 14.3. The molecule has 0 bridgehead atoms. The Balaban J connectivity index is 1.76. The van der Waals surface area contributed by atoms with E-state index >= 15 is 0 Å². The summed E-state index contributed by atoms with van der Waals surface area (Å²) >= 11 is 0. The van der Waals surface area contributed by atoms with Crippen LogP contribution in [0.3, 0.4) is 0 Å². The molecule has 0 radical (unpaired) electrons. The van der Waals surface area contributed by atoms with E-state index in [-0.39, 0.29) is 31.1 Å². The molecule has 2 aliphatic heterocycles. The molecule has 0 aromatic heterocycles. The number of likely N-dealkylation sites (N-methyl/N-ethyl adjacent to an activating group) is 1. The van der Waals surface area contributed by atoms with Crippen molar-refractivity contribution in [2.45, 2.75) is 39.3 Å². The van der Waals surface area contributed by atoms with Crippen LogP contribution in [-0.4, -0.2) is 66.2 Å². The second-order valence-corrected chi connectivity index (χ2v) is 9.58. The lowest BCUT2D eigenvalue weighted by Gasteiger charge is -2.51. The summed E-state index contributed by atoms with van der Waals surface area (Å²) < 4.78 is 6.77. The lowest BCUT2D eigenvalue weighted by molar-refractivity contribution is 0.0161. The quantitative estimate of drug-likeness (QED) is 0.598. The van der Waals surface area contributed by atoms with Crippen molar-refractivity contribution >= 4 is 11.6 Å². The van der Waals surface area contributed by atoms with E-state index in [9.17, 15) is 9.90 Å². The average molecular weight is 488 g/mol. The molecule has 6 heteroatoms. The minimum atomic E-state index is -0.752. The lowest BCUT2D eigenvalue weighted by atomic mass is 9.67. The third-order valence-corrected chi connectivity index (χ3v) is 8.10. The summed E-state index contributed by atoms with van der Waals surface area (Å²) in [5.74, 6) is 0.646. The molecule has 190 valence electrons. The molecule has 5 rings (SSSR count). The van der Waals surface area contributed by atoms with Gasteiger partial charge in [0.15, 0.2) is 0 Å². The zero-order chi connectivity index (χ0) is 25.4. The van der Waals surface area contributed by atoms with E-state index in [2.05, 4.69) is 80.0 Å². The molecule has 0 saturated heterocycles. The van der Waals surface area contributed by atoms with Gasteiger partial charge < -0.3 is 24.5 Å². The van der Waals surface area contributed by atoms with Crippen LogP contribution in [0.4, 0.5) is 5.69 Å². The monoisotopic (exact) mass is 487 g/mol. The number of carbonyl (C=O) groups excluding carboxylic acids is 1. The van der Waals surface area contributed by atoms with Crippen LogP contribution in [0.5, 0.6) is 5.75 Å². The molecule has 0 saturated carbocycles. The summed E-state index contributed by atoms with van der Waals surface area (Å²) in [5, 5.41) is 10.1. The molecular weight excluding hydrogens is 450 g/mol. The van der Waals surface area contributed by atoms with E-state index in [4.69, 9.17) is 4.74 Å². The molecule has 1 spiro atoms. The fourth-order valence-electron chi connectivity index (χ4n) is 6.44. The van der Waals surface area contributed by atoms with Crippen LogP contribution >= 0.6 is 0 Å². The van der Waals surface area contributed by atoms with Gasteiger partial charge in [0.2, 0.25) is 0 Å². The maximum absolute atomic E-state index is 13.8. The van der Waals surface area contributed by atoms with Crippen molar-refractivity contribution in [1.29, 1.82) is 0 Å². The van der Waals surface area contributed by atoms with Crippen molar-refractivity contribution in [1.82, 2.24) is 9.80 Å². The van der Waals surface area contributed by atoms with Crippen LogP contribution in [-0.2, 0) is 5.54 Å². The smallest absolute Gasteiger partial charge is 0.255 e. The third kappa shape index (κ3) is 3.46. The molecule has 0 fully saturated rings. The fraction of sp³-hybridized carbons (Fsp3) is 0.433. The van der Waals surface area contributed by atoms with E-state index in [1.54, 1.807) is 0 Å². The summed E-state index contributed by atoms with van der Waals surface area (Å²) in [5.41, 5.74) is 4.18. The number of hydrogen-bond donors (Lipinski definition) is 1. The molecule has 3 aliphatic rings. The predicted octanol–water partition coefficient (Wildman–Crippen LogP) is 4.40. The highest BCUT2D eigenvalue weighted by Gasteiger charge is 2.60. The van der Waals surface area contributed by atoms with Gasteiger partial charge in [0.1, 0.15) is 17.4 Å². The summed E-state index contributed by atoms with van der Waals surface area (Å²) in [6.45, 7) is 12.4. The highest BCUT2D eigenvalue weighted by molar-refractivity contribution is 6.01. The fourth-order valence-corrected chi connectivity index (χ4v) is 6.44. The standard InChI is InChI=1S/C30H37N3O3/c1-5-31(6-2)21-13-15-25-27(19-21)36-28-20-22(32(7-3)8-4)14-16-26(28)30(25)24-12-10-9-11-23(24)29(35)33(30)17-18-34/h9-16,19-20,25,27,34H,5-8,17-18H2,1-4H3. The van der Waals surface area contributed by atoms with Crippen LogP contribution in [0.1, 0.15) is 49.2 Å². The molecule has 2 aromatic rings. The normalized spacial score (nSPS) is 23.6. The van der Waals surface area contributed by atoms with Crippen LogP contribution < -0.4 is 9.64 Å². The Hall–Kier alpha value is -3.25. The Bertz CT molecular complexity index is 1200. The van der Waals surface area contributed by atoms with Crippen molar-refractivity contribution in [2.75, 3.05) is 44.2 Å². The van der Waals surface area contributed by atoms with Gasteiger partial charge in [-0.25, -0.2) is 0 Å². The second kappa shape index (κ2) is 9.66. The Kier molecular flexibility index (Phi) is 6.56. The minimum absolute atomic E-state index is 0.0361. The van der Waals surface area contributed by atoms with Crippen molar-refractivity contribution in [3.8, 4) is 5.75 Å². The summed E-state index contributed by atoms with van der Waals surface area (Å²) in [6.07, 6.45) is 6.37. The first-order valence-electron chi connectivity index (χ1n) is 13.3. The van der Waals surface area contributed by atoms with E-state index in [1.165, 1.54) is 0 Å². The van der Waals surface area contributed by atoms with Gasteiger partial charge in [-0.15, -0.1) is 0 Å². The van der Waals surface area contributed by atoms with Gasteiger partial charge in [-0.3, -0.25) is 4.79 Å². The first kappa shape index (κ1) is 24.4. The molecule has 2 aromatic carbocycles. The molecule has 1 amide bonds. The number of nitrogens with zero attached hydrogens (tertiary/aromatic N) is 3. The number of rotatable bonds is 8. The number of β-amino-alcohol motifs (C(OH)–C–C–N with tert-alkyl or cyclic N) is 1. The Morgan fingerprint density at radius 1 is 0.972 bits per heavy atom. The number of aliphatic hydroxyl groups is 1. The van der Waals surface area contributed by atoms with Crippen molar-refractivity contribution in [3.63, 3.8) is 0 Å². The van der Waals surface area contributed by atoms with Crippen molar-refractivity contribution in [3.05, 3.63) is 83.1 Å². The van der Waals surface area contributed by atoms with E-state index in [1.807, 2.05) is 23.1 Å². The van der Waals surface area contributed by atoms with Gasteiger partial charge in [0, 0.05) is 61.3 Å². The zero-order valence-corrected chi connectivity index (χ0v) is 21.8. The summed E-state index contributed by atoms with van der Waals surface area (Å²) in [7, 11) is 0. The number of anilines is 1. The maximum atomic E-state index is 13.8. The van der Waals surface area contributed by atoms with Crippen LogP contribution in [0.15, 0.2) is 66.4 Å². The number of fused-ring (bicyclic) bond motifs is 6. The molecule has 36 heavy (non-hydrogen) atoms. The Labute approximate surface area is 214 Å². The highest BCUT2D eigenvalue weighted by Crippen LogP contribution is 2.57. The van der Waals surface area contributed by atoms with Gasteiger partial charge in [-0.1, -0.05) is 30.3 Å². The number of aliphatic hydroxyl groups excluding tert-OH is 1. The minimum Gasteiger partial charge on any atom is -0.485 e. The Morgan fingerprint density at radius 2 is 1.69 bits per heavy atom. The van der Waals surface area contributed by atoms with E-state index in [0.29, 0.717) is 5.56 Å². The first-order valence-corrected chi connectivity index (χ1v) is 13.3. The maximum Gasteiger partial charge on any atom is 0.255 e. The molecule has 1 aliphatic carbocycles. The Morgan fingerprint density at radius 3 is 2.39 bits per heavy atom. The molecule has 1 N–H and O–H groups in total. The molecule has 6 nitrogen and oxygen atoms in total. The number of ether oxygens (including phenoxy) is 1.